The molecule has 25 heavy (non-hydrogen) atoms. The molecule has 0 aromatic heterocycles. The van der Waals surface area contributed by atoms with Crippen molar-refractivity contribution in [3.63, 3.8) is 0 Å². The van der Waals surface area contributed by atoms with Gasteiger partial charge in [0, 0.05) is 0 Å². The standard InChI is InChI=1S/C21H27NO3/c1-16(23)21(22(2)3,14-17-9-7-6-8-10-17)15-18-11-12-19(24-4)20(13-18)25-5/h6-13H,14-15H2,1-5H3. The zero-order valence-electron chi connectivity index (χ0n) is 15.7. The molecule has 0 aliphatic rings. The summed E-state index contributed by atoms with van der Waals surface area (Å²) in [5.41, 5.74) is 1.57. The summed E-state index contributed by atoms with van der Waals surface area (Å²) in [4.78, 5) is 14.7. The average Bonchev–Trinajstić information content (AvgIpc) is 2.61. The van der Waals surface area contributed by atoms with Crippen LogP contribution in [0.4, 0.5) is 0 Å². The molecule has 0 aliphatic carbocycles. The SMILES string of the molecule is COc1ccc(CC(Cc2ccccc2)(C(C)=O)N(C)C)cc1OC. The van der Waals surface area contributed by atoms with Crippen molar-refractivity contribution in [2.24, 2.45) is 0 Å². The fraction of sp³-hybridized carbons (Fsp3) is 0.381. The van der Waals surface area contributed by atoms with E-state index in [0.29, 0.717) is 24.3 Å². The quantitative estimate of drug-likeness (QED) is 0.738. The van der Waals surface area contributed by atoms with E-state index in [1.165, 1.54) is 0 Å². The lowest BCUT2D eigenvalue weighted by molar-refractivity contribution is -0.127. The van der Waals surface area contributed by atoms with E-state index in [9.17, 15) is 4.79 Å². The van der Waals surface area contributed by atoms with Gasteiger partial charge in [-0.3, -0.25) is 9.69 Å². The zero-order valence-corrected chi connectivity index (χ0v) is 15.7. The van der Waals surface area contributed by atoms with Gasteiger partial charge in [-0.05, 0) is 57.1 Å². The molecule has 0 bridgehead atoms. The molecule has 0 N–H and O–H groups in total. The Balaban J connectivity index is 2.41. The van der Waals surface area contributed by atoms with Crippen LogP contribution in [0.1, 0.15) is 18.1 Å². The Morgan fingerprint density at radius 1 is 0.920 bits per heavy atom. The first-order valence-electron chi connectivity index (χ1n) is 8.36. The maximum absolute atomic E-state index is 12.7. The minimum absolute atomic E-state index is 0.149. The number of ketones is 1. The summed E-state index contributed by atoms with van der Waals surface area (Å²) in [5, 5.41) is 0. The number of methoxy groups -OCH3 is 2. The molecule has 0 amide bonds. The van der Waals surface area contributed by atoms with Crippen LogP contribution in [0.15, 0.2) is 48.5 Å². The maximum Gasteiger partial charge on any atom is 0.160 e. The lowest BCUT2D eigenvalue weighted by Gasteiger charge is -2.38. The molecule has 2 rings (SSSR count). The number of hydrogen-bond donors (Lipinski definition) is 0. The Kier molecular flexibility index (Phi) is 6.21. The molecule has 0 fully saturated rings. The van der Waals surface area contributed by atoms with Crippen LogP contribution >= 0.6 is 0 Å². The lowest BCUT2D eigenvalue weighted by Crippen LogP contribution is -2.53. The van der Waals surface area contributed by atoms with Crippen molar-refractivity contribution in [1.82, 2.24) is 4.90 Å². The molecule has 2 aromatic carbocycles. The van der Waals surface area contributed by atoms with E-state index in [0.717, 1.165) is 11.1 Å². The van der Waals surface area contributed by atoms with Gasteiger partial charge in [-0.2, -0.15) is 0 Å². The predicted octanol–water partition coefficient (Wildman–Crippen LogP) is 3.38. The molecular formula is C21H27NO3. The van der Waals surface area contributed by atoms with Crippen molar-refractivity contribution in [1.29, 1.82) is 0 Å². The van der Waals surface area contributed by atoms with Crippen molar-refractivity contribution < 1.29 is 14.3 Å². The summed E-state index contributed by atoms with van der Waals surface area (Å²) >= 11 is 0. The number of carbonyl (C=O) groups is 1. The van der Waals surface area contributed by atoms with Crippen LogP contribution in [0.5, 0.6) is 11.5 Å². The Bertz CT molecular complexity index is 712. The highest BCUT2D eigenvalue weighted by Crippen LogP contribution is 2.31. The molecule has 4 heteroatoms. The molecule has 1 atom stereocenters. The maximum atomic E-state index is 12.7. The number of benzene rings is 2. The molecule has 0 radical (unpaired) electrons. The minimum Gasteiger partial charge on any atom is -0.493 e. The van der Waals surface area contributed by atoms with Crippen LogP contribution in [-0.2, 0) is 17.6 Å². The summed E-state index contributed by atoms with van der Waals surface area (Å²) < 4.78 is 10.7. The van der Waals surface area contributed by atoms with Gasteiger partial charge in [-0.1, -0.05) is 36.4 Å². The van der Waals surface area contributed by atoms with Gasteiger partial charge in [0.15, 0.2) is 17.3 Å². The molecule has 0 saturated heterocycles. The zero-order chi connectivity index (χ0) is 18.4. The first-order chi connectivity index (χ1) is 11.9. The normalized spacial score (nSPS) is 13.4. The van der Waals surface area contributed by atoms with Gasteiger partial charge in [0.05, 0.1) is 19.8 Å². The van der Waals surface area contributed by atoms with Crippen LogP contribution in [0, 0.1) is 0 Å². The van der Waals surface area contributed by atoms with E-state index in [2.05, 4.69) is 12.1 Å². The molecule has 0 saturated carbocycles. The highest BCUT2D eigenvalue weighted by atomic mass is 16.5. The summed E-state index contributed by atoms with van der Waals surface area (Å²) in [7, 11) is 7.17. The summed E-state index contributed by atoms with van der Waals surface area (Å²) in [6, 6.07) is 16.0. The summed E-state index contributed by atoms with van der Waals surface area (Å²) in [5.74, 6) is 1.51. The van der Waals surface area contributed by atoms with Crippen LogP contribution in [-0.4, -0.2) is 44.5 Å². The highest BCUT2D eigenvalue weighted by molar-refractivity contribution is 5.87. The topological polar surface area (TPSA) is 38.8 Å². The number of likely N-dealkylation sites (N-methyl/N-ethyl adjacent to an activating group) is 1. The predicted molar refractivity (Wildman–Crippen MR) is 100 cm³/mol. The minimum atomic E-state index is -0.610. The molecular weight excluding hydrogens is 314 g/mol. The van der Waals surface area contributed by atoms with E-state index in [1.807, 2.05) is 55.4 Å². The van der Waals surface area contributed by atoms with Crippen LogP contribution in [0.2, 0.25) is 0 Å². The van der Waals surface area contributed by atoms with Crippen molar-refractivity contribution in [3.8, 4) is 11.5 Å². The Labute approximate surface area is 150 Å². The molecule has 0 spiro atoms. The first kappa shape index (κ1) is 19.0. The third kappa shape index (κ3) is 4.20. The third-order valence-electron chi connectivity index (χ3n) is 4.80. The van der Waals surface area contributed by atoms with Gasteiger partial charge >= 0.3 is 0 Å². The molecule has 134 valence electrons. The van der Waals surface area contributed by atoms with Gasteiger partial charge in [-0.15, -0.1) is 0 Å². The smallest absolute Gasteiger partial charge is 0.160 e. The second-order valence-corrected chi connectivity index (χ2v) is 6.51. The van der Waals surface area contributed by atoms with Crippen molar-refractivity contribution in [2.75, 3.05) is 28.3 Å². The molecule has 0 heterocycles. The Morgan fingerprint density at radius 2 is 1.52 bits per heavy atom. The number of hydrogen-bond acceptors (Lipinski definition) is 4. The Morgan fingerprint density at radius 3 is 2.04 bits per heavy atom. The first-order valence-corrected chi connectivity index (χ1v) is 8.36. The lowest BCUT2D eigenvalue weighted by atomic mass is 9.80. The fourth-order valence-corrected chi connectivity index (χ4v) is 3.20. The van der Waals surface area contributed by atoms with E-state index in [1.54, 1.807) is 21.1 Å². The van der Waals surface area contributed by atoms with Gasteiger partial charge < -0.3 is 9.47 Å². The van der Waals surface area contributed by atoms with E-state index >= 15 is 0 Å². The van der Waals surface area contributed by atoms with Crippen LogP contribution < -0.4 is 9.47 Å². The number of nitrogens with zero attached hydrogens (tertiary/aromatic N) is 1. The van der Waals surface area contributed by atoms with Crippen molar-refractivity contribution >= 4 is 5.78 Å². The van der Waals surface area contributed by atoms with Gasteiger partial charge in [-0.25, -0.2) is 0 Å². The highest BCUT2D eigenvalue weighted by Gasteiger charge is 2.38. The van der Waals surface area contributed by atoms with Crippen molar-refractivity contribution in [3.05, 3.63) is 59.7 Å². The number of Topliss-reactive ketones (excluding diaryl/α,β-unsaturated/α-hetero) is 1. The summed E-state index contributed by atoms with van der Waals surface area (Å²) in [6.07, 6.45) is 1.26. The van der Waals surface area contributed by atoms with Crippen LogP contribution in [0.25, 0.3) is 0 Å². The van der Waals surface area contributed by atoms with Gasteiger partial charge in [0.1, 0.15) is 0 Å². The third-order valence-corrected chi connectivity index (χ3v) is 4.80. The number of carbonyl (C=O) groups excluding carboxylic acids is 1. The Hall–Kier alpha value is -2.33. The van der Waals surface area contributed by atoms with E-state index in [4.69, 9.17) is 9.47 Å². The summed E-state index contributed by atoms with van der Waals surface area (Å²) in [6.45, 7) is 1.67. The van der Waals surface area contributed by atoms with Crippen LogP contribution in [0.3, 0.4) is 0 Å². The van der Waals surface area contributed by atoms with E-state index < -0.39 is 5.54 Å². The monoisotopic (exact) mass is 341 g/mol. The number of rotatable bonds is 8. The van der Waals surface area contributed by atoms with Crippen molar-refractivity contribution in [2.45, 2.75) is 25.3 Å². The molecule has 0 aliphatic heterocycles. The molecule has 4 nitrogen and oxygen atoms in total. The fourth-order valence-electron chi connectivity index (χ4n) is 3.20. The van der Waals surface area contributed by atoms with Gasteiger partial charge in [0.25, 0.3) is 0 Å². The van der Waals surface area contributed by atoms with Gasteiger partial charge in [0.2, 0.25) is 0 Å². The second kappa shape index (κ2) is 8.17. The molecule has 1 unspecified atom stereocenters. The molecule has 2 aromatic rings. The second-order valence-electron chi connectivity index (χ2n) is 6.51. The largest absolute Gasteiger partial charge is 0.493 e. The van der Waals surface area contributed by atoms with E-state index in [-0.39, 0.29) is 5.78 Å². The average molecular weight is 341 g/mol. The number of ether oxygens (including phenoxy) is 2.